The number of rotatable bonds is 4. The molecule has 0 atom stereocenters. The monoisotopic (exact) mass is 280 g/mol. The van der Waals surface area contributed by atoms with E-state index in [9.17, 15) is 13.2 Å². The summed E-state index contributed by atoms with van der Waals surface area (Å²) in [4.78, 5) is 4.16. The Hall–Kier alpha value is -2.04. The van der Waals surface area contributed by atoms with E-state index in [-0.39, 0.29) is 5.56 Å². The molecule has 0 amide bonds. The van der Waals surface area contributed by atoms with Crippen LogP contribution in [0.15, 0.2) is 42.6 Å². The number of aromatic nitrogens is 1. The largest absolute Gasteiger partial charge is 0.416 e. The molecule has 1 heterocycles. The van der Waals surface area contributed by atoms with Crippen LogP contribution in [0, 0.1) is 6.92 Å². The summed E-state index contributed by atoms with van der Waals surface area (Å²) in [7, 11) is 0. The summed E-state index contributed by atoms with van der Waals surface area (Å²) in [6.45, 7) is 2.00. The van der Waals surface area contributed by atoms with Gasteiger partial charge in [-0.05, 0) is 36.8 Å². The highest BCUT2D eigenvalue weighted by molar-refractivity contribution is 5.49. The maximum Gasteiger partial charge on any atom is 0.416 e. The van der Waals surface area contributed by atoms with Gasteiger partial charge in [0.15, 0.2) is 0 Å². The van der Waals surface area contributed by atoms with E-state index in [0.717, 1.165) is 11.8 Å². The van der Waals surface area contributed by atoms with Gasteiger partial charge in [-0.2, -0.15) is 13.2 Å². The van der Waals surface area contributed by atoms with Crippen LogP contribution in [0.1, 0.15) is 16.8 Å². The lowest BCUT2D eigenvalue weighted by Crippen LogP contribution is -2.10. The maximum atomic E-state index is 12.8. The van der Waals surface area contributed by atoms with Gasteiger partial charge < -0.3 is 5.32 Å². The Balaban J connectivity index is 2.00. The second kappa shape index (κ2) is 5.94. The Labute approximate surface area is 115 Å². The number of aryl methyl sites for hydroxylation is 1. The summed E-state index contributed by atoms with van der Waals surface area (Å²) in [6.07, 6.45) is -1.96. The molecular weight excluding hydrogens is 265 g/mol. The zero-order valence-corrected chi connectivity index (χ0v) is 11.0. The number of benzene rings is 1. The van der Waals surface area contributed by atoms with Crippen molar-refractivity contribution < 1.29 is 13.2 Å². The van der Waals surface area contributed by atoms with Crippen LogP contribution >= 0.6 is 0 Å². The van der Waals surface area contributed by atoms with E-state index >= 15 is 0 Å². The Kier molecular flexibility index (Phi) is 4.27. The van der Waals surface area contributed by atoms with Crippen LogP contribution in [0.2, 0.25) is 0 Å². The predicted molar refractivity (Wildman–Crippen MR) is 72.6 cm³/mol. The minimum absolute atomic E-state index is 0.229. The van der Waals surface area contributed by atoms with Gasteiger partial charge in [0.05, 0.1) is 5.56 Å². The summed E-state index contributed by atoms with van der Waals surface area (Å²) >= 11 is 0. The normalized spacial score (nSPS) is 11.4. The van der Waals surface area contributed by atoms with Gasteiger partial charge in [-0.3, -0.25) is 4.98 Å². The Morgan fingerprint density at radius 1 is 1.15 bits per heavy atom. The number of alkyl halides is 3. The number of hydrogen-bond acceptors (Lipinski definition) is 2. The zero-order chi connectivity index (χ0) is 14.6. The summed E-state index contributed by atoms with van der Waals surface area (Å²) in [5.41, 5.74) is 1.01. The van der Waals surface area contributed by atoms with Gasteiger partial charge in [0.1, 0.15) is 0 Å². The van der Waals surface area contributed by atoms with Crippen molar-refractivity contribution in [2.45, 2.75) is 19.5 Å². The van der Waals surface area contributed by atoms with Crippen molar-refractivity contribution in [3.8, 4) is 0 Å². The molecule has 1 N–H and O–H groups in total. The molecule has 106 valence electrons. The lowest BCUT2D eigenvalue weighted by atomic mass is 10.1. The standard InChI is InChI=1S/C15H15F3N2/c1-11-5-6-13(10-14(11)15(16,17)18)20-9-7-12-4-2-3-8-19-12/h2-6,8,10,20H,7,9H2,1H3. The van der Waals surface area contributed by atoms with Gasteiger partial charge in [0.2, 0.25) is 0 Å². The number of halogens is 3. The van der Waals surface area contributed by atoms with Crippen molar-refractivity contribution in [2.75, 3.05) is 11.9 Å². The van der Waals surface area contributed by atoms with Gasteiger partial charge in [-0.15, -0.1) is 0 Å². The highest BCUT2D eigenvalue weighted by Gasteiger charge is 2.32. The van der Waals surface area contributed by atoms with E-state index in [1.54, 1.807) is 12.3 Å². The van der Waals surface area contributed by atoms with Crippen LogP contribution in [0.5, 0.6) is 0 Å². The molecule has 20 heavy (non-hydrogen) atoms. The van der Waals surface area contributed by atoms with Crippen molar-refractivity contribution in [3.63, 3.8) is 0 Å². The molecule has 0 aliphatic rings. The number of pyridine rings is 1. The minimum Gasteiger partial charge on any atom is -0.385 e. The summed E-state index contributed by atoms with van der Waals surface area (Å²) in [5.74, 6) is 0. The maximum absolute atomic E-state index is 12.8. The molecule has 5 heteroatoms. The summed E-state index contributed by atoms with van der Waals surface area (Å²) < 4.78 is 38.3. The van der Waals surface area contributed by atoms with Crippen LogP contribution in [0.25, 0.3) is 0 Å². The fourth-order valence-corrected chi connectivity index (χ4v) is 1.92. The van der Waals surface area contributed by atoms with Crippen LogP contribution in [0.3, 0.4) is 0 Å². The molecule has 1 aromatic heterocycles. The van der Waals surface area contributed by atoms with Crippen LogP contribution in [0.4, 0.5) is 18.9 Å². The highest BCUT2D eigenvalue weighted by Crippen LogP contribution is 2.33. The zero-order valence-electron chi connectivity index (χ0n) is 11.0. The molecule has 2 nitrogen and oxygen atoms in total. The molecule has 2 aromatic rings. The molecular formula is C15H15F3N2. The Morgan fingerprint density at radius 3 is 2.60 bits per heavy atom. The van der Waals surface area contributed by atoms with E-state index in [1.807, 2.05) is 18.2 Å². The van der Waals surface area contributed by atoms with Crippen molar-refractivity contribution in [1.82, 2.24) is 4.98 Å². The van der Waals surface area contributed by atoms with Crippen LogP contribution < -0.4 is 5.32 Å². The number of anilines is 1. The van der Waals surface area contributed by atoms with Gasteiger partial charge in [0.25, 0.3) is 0 Å². The van der Waals surface area contributed by atoms with E-state index < -0.39 is 11.7 Å². The molecule has 0 fully saturated rings. The molecule has 0 bridgehead atoms. The first-order chi connectivity index (χ1) is 9.47. The first-order valence-corrected chi connectivity index (χ1v) is 6.28. The first-order valence-electron chi connectivity index (χ1n) is 6.28. The van der Waals surface area contributed by atoms with Crippen LogP contribution in [-0.2, 0) is 12.6 Å². The Bertz CT molecular complexity index is 565. The smallest absolute Gasteiger partial charge is 0.385 e. The molecule has 0 aliphatic carbocycles. The van der Waals surface area contributed by atoms with E-state index in [4.69, 9.17) is 0 Å². The fourth-order valence-electron chi connectivity index (χ4n) is 1.92. The van der Waals surface area contributed by atoms with Gasteiger partial charge in [-0.1, -0.05) is 12.1 Å². The lowest BCUT2D eigenvalue weighted by Gasteiger charge is -2.13. The van der Waals surface area contributed by atoms with E-state index in [2.05, 4.69) is 10.3 Å². The Morgan fingerprint density at radius 2 is 1.95 bits per heavy atom. The third-order valence-corrected chi connectivity index (χ3v) is 2.98. The number of nitrogens with zero attached hydrogens (tertiary/aromatic N) is 1. The van der Waals surface area contributed by atoms with Crippen molar-refractivity contribution in [3.05, 3.63) is 59.4 Å². The molecule has 1 aromatic carbocycles. The predicted octanol–water partition coefficient (Wildman–Crippen LogP) is 4.06. The second-order valence-electron chi connectivity index (χ2n) is 4.53. The molecule has 0 unspecified atom stereocenters. The molecule has 0 aliphatic heterocycles. The molecule has 2 rings (SSSR count). The highest BCUT2D eigenvalue weighted by atomic mass is 19.4. The average molecular weight is 280 g/mol. The third-order valence-electron chi connectivity index (χ3n) is 2.98. The molecule has 0 spiro atoms. The SMILES string of the molecule is Cc1ccc(NCCc2ccccn2)cc1C(F)(F)F. The van der Waals surface area contributed by atoms with E-state index in [1.165, 1.54) is 13.0 Å². The van der Waals surface area contributed by atoms with Gasteiger partial charge in [0, 0.05) is 30.5 Å². The summed E-state index contributed by atoms with van der Waals surface area (Å²) in [6, 6.07) is 9.88. The third kappa shape index (κ3) is 3.73. The summed E-state index contributed by atoms with van der Waals surface area (Å²) in [5, 5.41) is 2.99. The van der Waals surface area contributed by atoms with Gasteiger partial charge in [-0.25, -0.2) is 0 Å². The minimum atomic E-state index is -4.32. The topological polar surface area (TPSA) is 24.9 Å². The first kappa shape index (κ1) is 14.4. The number of hydrogen-bond donors (Lipinski definition) is 1. The number of nitrogens with one attached hydrogen (secondary N) is 1. The lowest BCUT2D eigenvalue weighted by molar-refractivity contribution is -0.138. The molecule has 0 saturated carbocycles. The average Bonchev–Trinajstić information content (AvgIpc) is 2.40. The van der Waals surface area contributed by atoms with Crippen LogP contribution in [-0.4, -0.2) is 11.5 Å². The van der Waals surface area contributed by atoms with Crippen molar-refractivity contribution >= 4 is 5.69 Å². The molecule has 0 saturated heterocycles. The fraction of sp³-hybridized carbons (Fsp3) is 0.267. The quantitative estimate of drug-likeness (QED) is 0.913. The van der Waals surface area contributed by atoms with Crippen molar-refractivity contribution in [2.24, 2.45) is 0 Å². The molecule has 0 radical (unpaired) electrons. The van der Waals surface area contributed by atoms with E-state index in [0.29, 0.717) is 18.7 Å². The second-order valence-corrected chi connectivity index (χ2v) is 4.53. The van der Waals surface area contributed by atoms with Gasteiger partial charge >= 0.3 is 6.18 Å². The van der Waals surface area contributed by atoms with Crippen molar-refractivity contribution in [1.29, 1.82) is 0 Å².